The molecule has 0 aliphatic heterocycles. The summed E-state index contributed by atoms with van der Waals surface area (Å²) in [5.74, 6) is 2.29. The van der Waals surface area contributed by atoms with E-state index in [2.05, 4.69) is 31.4 Å². The second-order valence-electron chi connectivity index (χ2n) is 7.19. The van der Waals surface area contributed by atoms with Gasteiger partial charge in [0.05, 0.1) is 6.54 Å². The average molecular weight is 280 g/mol. The van der Waals surface area contributed by atoms with Crippen molar-refractivity contribution in [1.29, 1.82) is 0 Å². The maximum Gasteiger partial charge on any atom is 0.234 e. The Kier molecular flexibility index (Phi) is 5.88. The molecule has 5 atom stereocenters. The van der Waals surface area contributed by atoms with Crippen molar-refractivity contribution in [2.24, 2.45) is 17.8 Å². The van der Waals surface area contributed by atoms with Crippen molar-refractivity contribution in [3.05, 3.63) is 0 Å². The molecule has 0 heterocycles. The lowest BCUT2D eigenvalue weighted by atomic mass is 9.78. The molecule has 0 saturated heterocycles. The number of hydrogen-bond donors (Lipinski definition) is 2. The van der Waals surface area contributed by atoms with E-state index in [4.69, 9.17) is 0 Å². The quantitative estimate of drug-likeness (QED) is 0.831. The predicted octanol–water partition coefficient (Wildman–Crippen LogP) is 3.10. The molecule has 2 aliphatic rings. The highest BCUT2D eigenvalue weighted by atomic mass is 16.2. The molecule has 20 heavy (non-hydrogen) atoms. The Morgan fingerprint density at radius 2 is 1.55 bits per heavy atom. The molecule has 2 saturated carbocycles. The Balaban J connectivity index is 1.71. The molecule has 3 nitrogen and oxygen atoms in total. The second-order valence-corrected chi connectivity index (χ2v) is 7.19. The lowest BCUT2D eigenvalue weighted by molar-refractivity contribution is -0.121. The highest BCUT2D eigenvalue weighted by Gasteiger charge is 2.27. The van der Waals surface area contributed by atoms with Crippen molar-refractivity contribution < 1.29 is 4.79 Å². The second kappa shape index (κ2) is 7.44. The lowest BCUT2D eigenvalue weighted by Gasteiger charge is -2.35. The number of nitrogens with one attached hydrogen (secondary N) is 2. The van der Waals surface area contributed by atoms with Gasteiger partial charge < -0.3 is 10.6 Å². The van der Waals surface area contributed by atoms with E-state index in [1.807, 2.05) is 0 Å². The summed E-state index contributed by atoms with van der Waals surface area (Å²) in [5.41, 5.74) is 0. The minimum atomic E-state index is 0.189. The zero-order valence-electron chi connectivity index (χ0n) is 13.5. The van der Waals surface area contributed by atoms with Gasteiger partial charge in [0.1, 0.15) is 0 Å². The van der Waals surface area contributed by atoms with Crippen LogP contribution in [0, 0.1) is 17.8 Å². The van der Waals surface area contributed by atoms with Crippen LogP contribution in [0.4, 0.5) is 0 Å². The fraction of sp³-hybridized carbons (Fsp3) is 0.941. The van der Waals surface area contributed by atoms with Gasteiger partial charge in [-0.15, -0.1) is 0 Å². The molecule has 0 bridgehead atoms. The summed E-state index contributed by atoms with van der Waals surface area (Å²) in [5, 5.41) is 6.73. The Morgan fingerprint density at radius 3 is 2.30 bits per heavy atom. The number of hydrogen-bond acceptors (Lipinski definition) is 2. The first kappa shape index (κ1) is 15.8. The van der Waals surface area contributed by atoms with Gasteiger partial charge in [0, 0.05) is 12.1 Å². The smallest absolute Gasteiger partial charge is 0.234 e. The van der Waals surface area contributed by atoms with E-state index in [1.54, 1.807) is 0 Å². The molecular weight excluding hydrogens is 248 g/mol. The zero-order valence-corrected chi connectivity index (χ0v) is 13.5. The van der Waals surface area contributed by atoms with E-state index >= 15 is 0 Å². The van der Waals surface area contributed by atoms with Crippen LogP contribution in [0.3, 0.4) is 0 Å². The molecule has 1 amide bonds. The summed E-state index contributed by atoms with van der Waals surface area (Å²) in [7, 11) is 0. The third-order valence-electron chi connectivity index (χ3n) is 5.69. The molecule has 2 N–H and O–H groups in total. The van der Waals surface area contributed by atoms with Crippen molar-refractivity contribution in [2.75, 3.05) is 6.54 Å². The van der Waals surface area contributed by atoms with Gasteiger partial charge in [0.25, 0.3) is 0 Å². The summed E-state index contributed by atoms with van der Waals surface area (Å²) in [4.78, 5) is 12.1. The van der Waals surface area contributed by atoms with Crippen molar-refractivity contribution in [2.45, 2.75) is 77.8 Å². The molecule has 2 rings (SSSR count). The maximum atomic E-state index is 12.1. The Hall–Kier alpha value is -0.570. The van der Waals surface area contributed by atoms with Gasteiger partial charge in [0.2, 0.25) is 5.91 Å². The van der Waals surface area contributed by atoms with E-state index < -0.39 is 0 Å². The molecule has 3 heteroatoms. The van der Waals surface area contributed by atoms with Gasteiger partial charge in [-0.05, 0) is 37.0 Å². The molecule has 2 fully saturated rings. The normalized spacial score (nSPS) is 38.5. The van der Waals surface area contributed by atoms with E-state index in [9.17, 15) is 4.79 Å². The van der Waals surface area contributed by atoms with Crippen LogP contribution in [0.1, 0.15) is 65.7 Å². The van der Waals surface area contributed by atoms with Crippen LogP contribution < -0.4 is 10.6 Å². The van der Waals surface area contributed by atoms with Gasteiger partial charge in [-0.3, -0.25) is 4.79 Å². The first-order valence-corrected chi connectivity index (χ1v) is 8.60. The number of amides is 1. The molecule has 5 unspecified atom stereocenters. The molecule has 0 spiro atoms. The third-order valence-corrected chi connectivity index (χ3v) is 5.69. The first-order valence-electron chi connectivity index (χ1n) is 8.60. The molecule has 116 valence electrons. The summed E-state index contributed by atoms with van der Waals surface area (Å²) in [6.45, 7) is 7.41. The first-order chi connectivity index (χ1) is 9.58. The van der Waals surface area contributed by atoms with E-state index in [0.29, 0.717) is 30.5 Å². The standard InChI is InChI=1S/C17H32N2O/c1-12-8-6-10-16(14(12)3)18-11-17(20)19-15-9-5-4-7-13(15)2/h12-16,18H,4-11H2,1-3H3,(H,19,20). The number of rotatable bonds is 4. The lowest BCUT2D eigenvalue weighted by Crippen LogP contribution is -2.48. The van der Waals surface area contributed by atoms with E-state index in [0.717, 1.165) is 12.3 Å². The van der Waals surface area contributed by atoms with Crippen molar-refractivity contribution in [3.63, 3.8) is 0 Å². The molecule has 0 aromatic carbocycles. The number of carbonyl (C=O) groups is 1. The minimum Gasteiger partial charge on any atom is -0.352 e. The molecule has 0 aromatic heterocycles. The van der Waals surface area contributed by atoms with Crippen LogP contribution in [0.25, 0.3) is 0 Å². The SMILES string of the molecule is CC1CCCCC1NC(=O)CNC1CCCC(C)C1C. The summed E-state index contributed by atoms with van der Waals surface area (Å²) < 4.78 is 0. The Labute approximate surface area is 124 Å². The molecular formula is C17H32N2O. The van der Waals surface area contributed by atoms with Gasteiger partial charge in [-0.25, -0.2) is 0 Å². The van der Waals surface area contributed by atoms with Crippen LogP contribution in [-0.2, 0) is 4.79 Å². The van der Waals surface area contributed by atoms with Gasteiger partial charge >= 0.3 is 0 Å². The fourth-order valence-corrected chi connectivity index (χ4v) is 3.88. The van der Waals surface area contributed by atoms with E-state index in [-0.39, 0.29) is 5.91 Å². The highest BCUT2D eigenvalue weighted by molar-refractivity contribution is 5.78. The monoisotopic (exact) mass is 280 g/mol. The van der Waals surface area contributed by atoms with Gasteiger partial charge in [-0.1, -0.05) is 46.5 Å². The topological polar surface area (TPSA) is 41.1 Å². The average Bonchev–Trinajstić information content (AvgIpc) is 2.43. The number of carbonyl (C=O) groups excluding carboxylic acids is 1. The van der Waals surface area contributed by atoms with Gasteiger partial charge in [0.15, 0.2) is 0 Å². The molecule has 0 aromatic rings. The maximum absolute atomic E-state index is 12.1. The largest absolute Gasteiger partial charge is 0.352 e. The van der Waals surface area contributed by atoms with Crippen LogP contribution in [0.5, 0.6) is 0 Å². The highest BCUT2D eigenvalue weighted by Crippen LogP contribution is 2.29. The van der Waals surface area contributed by atoms with Crippen LogP contribution in [-0.4, -0.2) is 24.5 Å². The minimum absolute atomic E-state index is 0.189. The van der Waals surface area contributed by atoms with Crippen molar-refractivity contribution >= 4 is 5.91 Å². The zero-order chi connectivity index (χ0) is 14.5. The van der Waals surface area contributed by atoms with E-state index in [1.165, 1.54) is 38.5 Å². The van der Waals surface area contributed by atoms with Gasteiger partial charge in [-0.2, -0.15) is 0 Å². The van der Waals surface area contributed by atoms with Crippen LogP contribution in [0.15, 0.2) is 0 Å². The van der Waals surface area contributed by atoms with Crippen molar-refractivity contribution in [3.8, 4) is 0 Å². The summed E-state index contributed by atoms with van der Waals surface area (Å²) in [6, 6.07) is 0.925. The third kappa shape index (κ3) is 4.21. The predicted molar refractivity (Wildman–Crippen MR) is 83.5 cm³/mol. The molecule has 2 aliphatic carbocycles. The van der Waals surface area contributed by atoms with Crippen LogP contribution in [0.2, 0.25) is 0 Å². The Morgan fingerprint density at radius 1 is 0.900 bits per heavy atom. The summed E-state index contributed by atoms with van der Waals surface area (Å²) >= 11 is 0. The van der Waals surface area contributed by atoms with Crippen molar-refractivity contribution in [1.82, 2.24) is 10.6 Å². The summed E-state index contributed by atoms with van der Waals surface area (Å²) in [6.07, 6.45) is 8.86. The molecule has 0 radical (unpaired) electrons. The van der Waals surface area contributed by atoms with Crippen LogP contribution >= 0.6 is 0 Å². The Bertz CT molecular complexity index is 318. The fourth-order valence-electron chi connectivity index (χ4n) is 3.88.